The smallest absolute Gasteiger partial charge is 0.312 e. The van der Waals surface area contributed by atoms with Crippen LogP contribution in [0.15, 0.2) is 79.5 Å². The maximum Gasteiger partial charge on any atom is 0.312 e. The minimum Gasteiger partial charge on any atom is -0.476 e. The number of amides is 1. The molecular weight excluding hydrogens is 610 g/mol. The summed E-state index contributed by atoms with van der Waals surface area (Å²) in [6.07, 6.45) is 1.69. The van der Waals surface area contributed by atoms with Crippen LogP contribution in [-0.2, 0) is 11.2 Å². The molecule has 0 bridgehead atoms. The Bertz CT molecular complexity index is 1590. The monoisotopic (exact) mass is 627 g/mol. The first-order chi connectivity index (χ1) is 17.8. The zero-order valence-electron chi connectivity index (χ0n) is 19.4. The second-order valence-corrected chi connectivity index (χ2v) is 9.54. The summed E-state index contributed by atoms with van der Waals surface area (Å²) < 4.78 is 7.86. The quantitative estimate of drug-likeness (QED) is 0.160. The maximum absolute atomic E-state index is 13.2. The van der Waals surface area contributed by atoms with Gasteiger partial charge in [-0.05, 0) is 36.4 Å². The average molecular weight is 629 g/mol. The lowest BCUT2D eigenvalue weighted by atomic mass is 10.2. The van der Waals surface area contributed by atoms with E-state index < -0.39 is 23.0 Å². The van der Waals surface area contributed by atoms with Crippen LogP contribution >= 0.6 is 31.9 Å². The molecule has 0 aliphatic heterocycles. The van der Waals surface area contributed by atoms with E-state index in [0.717, 1.165) is 4.68 Å². The first kappa shape index (κ1) is 26.2. The molecule has 188 valence electrons. The zero-order valence-corrected chi connectivity index (χ0v) is 22.5. The van der Waals surface area contributed by atoms with Crippen LogP contribution in [0.1, 0.15) is 18.3 Å². The molecule has 1 N–H and O–H groups in total. The maximum atomic E-state index is 13.2. The number of carbonyl (C=O) groups excluding carboxylic acids is 1. The number of hydrogen-bond acceptors (Lipinski definition) is 7. The van der Waals surface area contributed by atoms with Crippen LogP contribution in [0.3, 0.4) is 0 Å². The van der Waals surface area contributed by atoms with E-state index in [2.05, 4.69) is 47.3 Å². The molecule has 1 aromatic heterocycles. The fraction of sp³-hybridized carbons (Fsp3) is 0.120. The summed E-state index contributed by atoms with van der Waals surface area (Å²) in [5, 5.41) is 19.1. The van der Waals surface area contributed by atoms with Crippen molar-refractivity contribution >= 4 is 66.3 Å². The number of aryl methyl sites for hydroxylation is 1. The molecule has 10 nitrogen and oxygen atoms in total. The van der Waals surface area contributed by atoms with E-state index in [4.69, 9.17) is 4.74 Å². The molecule has 0 radical (unpaired) electrons. The first-order valence-corrected chi connectivity index (χ1v) is 12.6. The zero-order chi connectivity index (χ0) is 26.5. The van der Waals surface area contributed by atoms with Gasteiger partial charge in [-0.1, -0.05) is 57.0 Å². The predicted octanol–water partition coefficient (Wildman–Crippen LogP) is 5.29. The van der Waals surface area contributed by atoms with Crippen molar-refractivity contribution in [1.29, 1.82) is 0 Å². The highest BCUT2D eigenvalue weighted by atomic mass is 79.9. The lowest BCUT2D eigenvalue weighted by molar-refractivity contribution is -0.385. The molecule has 3 aromatic carbocycles. The number of anilines is 1. The van der Waals surface area contributed by atoms with E-state index >= 15 is 0 Å². The van der Waals surface area contributed by atoms with Gasteiger partial charge >= 0.3 is 5.69 Å². The average Bonchev–Trinajstić information content (AvgIpc) is 2.87. The Hall–Kier alpha value is -3.90. The Morgan fingerprint density at radius 1 is 1.16 bits per heavy atom. The lowest BCUT2D eigenvalue weighted by Gasteiger charge is -2.11. The van der Waals surface area contributed by atoms with Gasteiger partial charge in [0.25, 0.3) is 11.5 Å². The number of ether oxygens (including phenoxy) is 1. The molecular formula is C25H19Br2N5O5. The minimum absolute atomic E-state index is 0.164. The van der Waals surface area contributed by atoms with Gasteiger partial charge < -0.3 is 10.1 Å². The van der Waals surface area contributed by atoms with Crippen LogP contribution in [0.25, 0.3) is 10.9 Å². The Morgan fingerprint density at radius 3 is 2.62 bits per heavy atom. The molecule has 4 aromatic rings. The van der Waals surface area contributed by atoms with Crippen LogP contribution in [0.2, 0.25) is 0 Å². The summed E-state index contributed by atoms with van der Waals surface area (Å²) in [5.74, 6) is -0.256. The number of aromatic nitrogens is 2. The largest absolute Gasteiger partial charge is 0.476 e. The normalized spacial score (nSPS) is 11.1. The highest BCUT2D eigenvalue weighted by Crippen LogP contribution is 2.34. The summed E-state index contributed by atoms with van der Waals surface area (Å²) in [6.45, 7) is 1.35. The van der Waals surface area contributed by atoms with Crippen molar-refractivity contribution in [3.05, 3.63) is 101 Å². The van der Waals surface area contributed by atoms with Crippen molar-refractivity contribution in [2.45, 2.75) is 13.3 Å². The van der Waals surface area contributed by atoms with Crippen LogP contribution in [0.4, 0.5) is 11.4 Å². The summed E-state index contributed by atoms with van der Waals surface area (Å²) in [7, 11) is 0. The van der Waals surface area contributed by atoms with Crippen molar-refractivity contribution in [3.63, 3.8) is 0 Å². The van der Waals surface area contributed by atoms with Crippen molar-refractivity contribution in [3.8, 4) is 5.75 Å². The third kappa shape index (κ3) is 6.09. The number of benzene rings is 3. The third-order valence-corrected chi connectivity index (χ3v) is 6.12. The second kappa shape index (κ2) is 11.4. The van der Waals surface area contributed by atoms with Crippen LogP contribution < -0.4 is 15.6 Å². The highest BCUT2D eigenvalue weighted by molar-refractivity contribution is 9.10. The standard InChI is InChI=1S/C25H19Br2N5O5/c1-2-22-30-20-9-8-16(26)11-19(20)25(34)31(22)28-13-15-10-17(27)12-21(32(35)36)24(15)37-14-23(33)29-18-6-4-3-5-7-18/h3-13H,2,14H2,1H3,(H,29,33). The molecule has 0 atom stereocenters. The van der Waals surface area contributed by atoms with E-state index in [1.165, 1.54) is 12.3 Å². The van der Waals surface area contributed by atoms with Gasteiger partial charge in [0.2, 0.25) is 5.75 Å². The molecule has 12 heteroatoms. The molecule has 37 heavy (non-hydrogen) atoms. The molecule has 0 spiro atoms. The molecule has 0 aliphatic rings. The SMILES string of the molecule is CCc1nc2ccc(Br)cc2c(=O)n1N=Cc1cc(Br)cc([N+](=O)[O-])c1OCC(=O)Nc1ccccc1. The number of carbonyl (C=O) groups is 1. The molecule has 1 amide bonds. The summed E-state index contributed by atoms with van der Waals surface area (Å²) >= 11 is 6.62. The van der Waals surface area contributed by atoms with Gasteiger partial charge in [-0.25, -0.2) is 4.98 Å². The number of nitro groups is 1. The van der Waals surface area contributed by atoms with Gasteiger partial charge in [0.05, 0.1) is 22.0 Å². The van der Waals surface area contributed by atoms with E-state index in [9.17, 15) is 19.7 Å². The van der Waals surface area contributed by atoms with E-state index in [0.29, 0.717) is 37.8 Å². The molecule has 0 fully saturated rings. The number of nitro benzene ring substituents is 1. The van der Waals surface area contributed by atoms with E-state index in [1.807, 2.05) is 13.0 Å². The van der Waals surface area contributed by atoms with Gasteiger partial charge in [0.15, 0.2) is 6.61 Å². The topological polar surface area (TPSA) is 129 Å². The predicted molar refractivity (Wildman–Crippen MR) is 147 cm³/mol. The Morgan fingerprint density at radius 2 is 1.92 bits per heavy atom. The van der Waals surface area contributed by atoms with Gasteiger partial charge in [-0.15, -0.1) is 0 Å². The number of hydrogen-bond donors (Lipinski definition) is 1. The van der Waals surface area contributed by atoms with E-state index in [1.54, 1.807) is 48.5 Å². The van der Waals surface area contributed by atoms with Crippen molar-refractivity contribution in [2.24, 2.45) is 5.10 Å². The highest BCUT2D eigenvalue weighted by Gasteiger charge is 2.22. The molecule has 4 rings (SSSR count). The Labute approximate surface area is 227 Å². The van der Waals surface area contributed by atoms with Crippen LogP contribution in [0, 0.1) is 10.1 Å². The number of fused-ring (bicyclic) bond motifs is 1. The fourth-order valence-corrected chi connectivity index (χ4v) is 4.33. The summed E-state index contributed by atoms with van der Waals surface area (Å²) in [5.41, 5.74) is 0.519. The van der Waals surface area contributed by atoms with Crippen LogP contribution in [-0.4, -0.2) is 33.3 Å². The molecule has 0 saturated carbocycles. The number of para-hydroxylation sites is 1. The van der Waals surface area contributed by atoms with Crippen molar-refractivity contribution in [2.75, 3.05) is 11.9 Å². The minimum atomic E-state index is -0.620. The van der Waals surface area contributed by atoms with E-state index in [-0.39, 0.29) is 17.0 Å². The van der Waals surface area contributed by atoms with Crippen molar-refractivity contribution in [1.82, 2.24) is 9.66 Å². The first-order valence-electron chi connectivity index (χ1n) is 11.0. The number of halogens is 2. The van der Waals surface area contributed by atoms with Gasteiger partial charge in [0, 0.05) is 32.7 Å². The second-order valence-electron chi connectivity index (χ2n) is 7.71. The lowest BCUT2D eigenvalue weighted by Crippen LogP contribution is -2.22. The fourth-order valence-electron chi connectivity index (χ4n) is 3.51. The van der Waals surface area contributed by atoms with Gasteiger partial charge in [-0.3, -0.25) is 19.7 Å². The van der Waals surface area contributed by atoms with Gasteiger partial charge in [0.1, 0.15) is 5.82 Å². The summed E-state index contributed by atoms with van der Waals surface area (Å²) in [6, 6.07) is 16.7. The molecule has 1 heterocycles. The van der Waals surface area contributed by atoms with Gasteiger partial charge in [-0.2, -0.15) is 9.78 Å². The Balaban J connectivity index is 1.71. The molecule has 0 unspecified atom stereocenters. The third-order valence-electron chi connectivity index (χ3n) is 5.17. The number of nitrogens with zero attached hydrogens (tertiary/aromatic N) is 4. The Kier molecular flexibility index (Phi) is 8.09. The summed E-state index contributed by atoms with van der Waals surface area (Å²) in [4.78, 5) is 41.2. The van der Waals surface area contributed by atoms with Crippen molar-refractivity contribution < 1.29 is 14.5 Å². The molecule has 0 aliphatic carbocycles. The van der Waals surface area contributed by atoms with Crippen LogP contribution in [0.5, 0.6) is 5.75 Å². The molecule has 0 saturated heterocycles. The number of nitrogens with one attached hydrogen (secondary N) is 1. The number of rotatable bonds is 8.